The largest absolute Gasteiger partial charge is 0.748 e. The van der Waals surface area contributed by atoms with Crippen LogP contribution in [0, 0.1) is 34.1 Å². The minimum Gasteiger partial charge on any atom is -0.748 e. The Hall–Kier alpha value is -11.2. The predicted octanol–water partition coefficient (Wildman–Crippen LogP) is 2.80. The molecule has 8 atom stereocenters. The Labute approximate surface area is 821 Å². The van der Waals surface area contributed by atoms with E-state index in [2.05, 4.69) is 95.5 Å². The highest BCUT2D eigenvalue weighted by molar-refractivity contribution is 8.76. The van der Waals surface area contributed by atoms with Crippen LogP contribution in [0.15, 0.2) is 78.6 Å². The second-order valence-corrected chi connectivity index (χ2v) is 40.5. The number of rotatable bonds is 44. The minimum atomic E-state index is -4.70. The highest BCUT2D eigenvalue weighted by atomic mass is 33.1. The SMILES string of the molecule is CC(C)(C)C1=C\C(=C/C=C/C=C/C2=[N+](CCCCCC(=O)NCCCC[C@@H]3NC(=O)CSC[C@@H](C(=O)NCCOCCOCCOCCNC(=O)COCC(N)=O)NC(=O)[C@H](Cc4ccccc4)NC(=O)[C@@H]4CSSC[C@H](NC3=O)C(=O)N[C@@H](CCCNC(=N)N)C(=O)NCC(=O)N[C@@H](CC(=O)O)C(=O)N4)c3c(F)c(F)c(F)c(F)c3C2(C)CCCCS(=O)(=O)[O-])c2cc3c4c(c2O1)CCCN4CCC3. The Balaban J connectivity index is 0.913. The molecule has 2 saturated heterocycles. The van der Waals surface area contributed by atoms with Crippen molar-refractivity contribution in [2.45, 2.75) is 191 Å². The summed E-state index contributed by atoms with van der Waals surface area (Å²) in [6.45, 7) is 8.43. The first-order valence-corrected chi connectivity index (χ1v) is 51.8. The molecule has 140 heavy (non-hydrogen) atoms. The van der Waals surface area contributed by atoms with Gasteiger partial charge in [0.2, 0.25) is 82.5 Å². The number of carboxylic acids is 1. The molecule has 2 bridgehead atoms. The van der Waals surface area contributed by atoms with Gasteiger partial charge in [-0.3, -0.25) is 67.7 Å². The number of anilines is 1. The number of unbranched alkanes of at least 4 members (excludes halogenated alkanes) is 4. The summed E-state index contributed by atoms with van der Waals surface area (Å²) in [4.78, 5) is 181. The van der Waals surface area contributed by atoms with E-state index in [1.54, 1.807) is 54.6 Å². The first kappa shape index (κ1) is 112. The molecule has 2 fully saturated rings. The maximum Gasteiger partial charge on any atom is 0.305 e. The number of fused-ring (bicyclic) bond motifs is 8. The number of halogens is 4. The van der Waals surface area contributed by atoms with Crippen LogP contribution in [0.2, 0.25) is 0 Å². The molecule has 0 radical (unpaired) electrons. The second-order valence-electron chi connectivity index (χ2n) is 35.4. The Morgan fingerprint density at radius 3 is 1.95 bits per heavy atom. The van der Waals surface area contributed by atoms with Crippen LogP contribution in [0.5, 0.6) is 5.75 Å². The summed E-state index contributed by atoms with van der Waals surface area (Å²) < 4.78 is 129. The molecular formula is C93H127F4N17O22S4. The summed E-state index contributed by atoms with van der Waals surface area (Å²) in [5.41, 5.74) is 13.7. The van der Waals surface area contributed by atoms with Crippen LogP contribution in [-0.4, -0.2) is 287 Å². The van der Waals surface area contributed by atoms with Crippen LogP contribution in [0.25, 0.3) is 5.57 Å². The van der Waals surface area contributed by atoms with Crippen molar-refractivity contribution in [2.75, 3.05) is 139 Å². The number of primary amides is 1. The van der Waals surface area contributed by atoms with E-state index in [4.69, 9.17) is 40.6 Å². The number of aryl methyl sites for hydroxylation is 1. The van der Waals surface area contributed by atoms with Crippen molar-refractivity contribution >= 4 is 149 Å². The van der Waals surface area contributed by atoms with Gasteiger partial charge < -0.3 is 114 Å². The lowest BCUT2D eigenvalue weighted by molar-refractivity contribution is -0.441. The number of hydrogen-bond donors (Lipinski definition) is 16. The quantitative estimate of drug-likeness (QED) is 0.00370. The highest BCUT2D eigenvalue weighted by Gasteiger charge is 2.53. The zero-order chi connectivity index (χ0) is 102. The Morgan fingerprint density at radius 1 is 0.657 bits per heavy atom. The molecule has 0 spiro atoms. The maximum absolute atomic E-state index is 16.6. The number of benzene rings is 3. The number of amides is 12. The van der Waals surface area contributed by atoms with E-state index < -0.39 is 212 Å². The smallest absolute Gasteiger partial charge is 0.305 e. The number of nitrogens with one attached hydrogen (secondary N) is 13. The van der Waals surface area contributed by atoms with Gasteiger partial charge in [-0.1, -0.05) is 103 Å². The lowest BCUT2D eigenvalue weighted by Gasteiger charge is -2.40. The summed E-state index contributed by atoms with van der Waals surface area (Å²) >= 11 is 0.844. The number of guanidine groups is 1. The molecule has 9 rings (SSSR count). The van der Waals surface area contributed by atoms with Gasteiger partial charge in [-0.25, -0.2) is 21.6 Å². The third-order valence-electron chi connectivity index (χ3n) is 23.5. The van der Waals surface area contributed by atoms with Crippen molar-refractivity contribution in [3.05, 3.63) is 130 Å². The highest BCUT2D eigenvalue weighted by Crippen LogP contribution is 2.51. The molecule has 6 aliphatic rings. The molecule has 768 valence electrons. The van der Waals surface area contributed by atoms with Gasteiger partial charge in [0.25, 0.3) is 5.69 Å². The Morgan fingerprint density at radius 2 is 1.28 bits per heavy atom. The Bertz CT molecular complexity index is 5230. The average molecular weight is 2040 g/mol. The van der Waals surface area contributed by atoms with Gasteiger partial charge in [0.05, 0.1) is 79.5 Å². The third kappa shape index (κ3) is 35.2. The number of nitrogens with zero attached hydrogens (tertiary/aromatic N) is 2. The first-order valence-electron chi connectivity index (χ1n) is 46.6. The third-order valence-corrected chi connectivity index (χ3v) is 27.7. The van der Waals surface area contributed by atoms with Gasteiger partial charge in [-0.2, -0.15) is 8.97 Å². The van der Waals surface area contributed by atoms with E-state index in [0.717, 1.165) is 94.8 Å². The van der Waals surface area contributed by atoms with Gasteiger partial charge >= 0.3 is 5.97 Å². The molecule has 12 amide bonds. The number of nitrogens with two attached hydrogens (primary N) is 2. The molecule has 18 N–H and O–H groups in total. The number of hydrogen-bond acceptors (Lipinski definition) is 26. The van der Waals surface area contributed by atoms with Crippen LogP contribution in [-0.2, 0) is 116 Å². The number of carboxylic acid groups (broad SMARTS) is 1. The fourth-order valence-corrected chi connectivity index (χ4v) is 20.3. The average Bonchev–Trinajstić information content (AvgIpc) is 1.54. The standard InChI is InChI=1S/C93H127F4N17O22S4/c1-92(2,3)69-47-57(60-46-58-24-19-35-113-36-20-25-59(81(58)113)83(60)136-69)23-10-6-11-28-68-93(4,30-14-17-44-140(129,130)131)76-77(94)78(95)79(96)80(97)82(76)114(68)37-16-7-12-29-71(116)101-31-15-13-26-62-86(124)111-66-53-138-139-54-67(112-88(126)64(48-75(120)121)107-72(117)49-105-84(122)61(108-89(66)127)27-18-32-104-91(99)100)90(128)109-63(45-56-21-8-5-9-22-56)87(125)110-65(52-137-55-74(119)106-62)85(123)103-34-39-133-41-43-134-42-40-132-38-33-102-73(118)51-135-50-70(98)115/h5-6,8-11,21-23,28,46-47,61-67H,7,12-20,24-27,29-45,48-55H2,1-4H3,(H18-,98,99,100,101,102,103,104,105,106,107,108,109,110,111,112,115,116,117,118,119,120,121,122,123,124,125,126,127,128,129,130,131)/t61-,62-,63-,64-,65-,66-,67-,93?/m0/s1. The predicted molar refractivity (Wildman–Crippen MR) is 516 cm³/mol. The number of allylic oxidation sites excluding steroid dienone is 8. The summed E-state index contributed by atoms with van der Waals surface area (Å²) in [6, 6.07) is -0.635. The Kier molecular flexibility index (Phi) is 44.8. The van der Waals surface area contributed by atoms with Gasteiger partial charge in [0, 0.05) is 110 Å². The minimum absolute atomic E-state index is 0.0126. The van der Waals surface area contributed by atoms with Crippen LogP contribution < -0.4 is 84.9 Å². The van der Waals surface area contributed by atoms with E-state index in [9.17, 15) is 80.4 Å². The topological polar surface area (TPSA) is 572 Å². The van der Waals surface area contributed by atoms with Gasteiger partial charge in [-0.15, -0.1) is 11.8 Å². The van der Waals surface area contributed by atoms with E-state index in [-0.39, 0.29) is 185 Å². The molecule has 3 aromatic rings. The number of aliphatic carboxylic acids is 1. The lowest BCUT2D eigenvalue weighted by Crippen LogP contribution is -2.60. The molecule has 3 aromatic carbocycles. The molecule has 6 heterocycles. The van der Waals surface area contributed by atoms with Gasteiger partial charge in [-0.05, 0) is 119 Å². The molecule has 1 unspecified atom stereocenters. The lowest BCUT2D eigenvalue weighted by atomic mass is 9.75. The van der Waals surface area contributed by atoms with Gasteiger partial charge in [0.15, 0.2) is 23.3 Å². The molecular weight excluding hydrogens is 1910 g/mol. The zero-order valence-corrected chi connectivity index (χ0v) is 82.0. The van der Waals surface area contributed by atoms with E-state index in [1.165, 1.54) is 28.3 Å². The summed E-state index contributed by atoms with van der Waals surface area (Å²) in [5.74, 6) is -20.5. The molecule has 0 aliphatic carbocycles. The zero-order valence-electron chi connectivity index (χ0n) is 78.8. The maximum atomic E-state index is 16.6. The van der Waals surface area contributed by atoms with Crippen LogP contribution in [0.1, 0.15) is 152 Å². The van der Waals surface area contributed by atoms with E-state index in [0.29, 0.717) is 5.56 Å². The monoisotopic (exact) mass is 2040 g/mol. The first-order chi connectivity index (χ1) is 66.8. The normalized spacial score (nSPS) is 21.3. The van der Waals surface area contributed by atoms with Crippen molar-refractivity contribution < 1.29 is 126 Å². The van der Waals surface area contributed by atoms with Crippen molar-refractivity contribution in [1.82, 2.24) is 63.8 Å². The van der Waals surface area contributed by atoms with Crippen LogP contribution in [0.3, 0.4) is 0 Å². The number of ether oxygens (including phenoxy) is 5. The molecule has 6 aliphatic heterocycles. The van der Waals surface area contributed by atoms with E-state index in [1.807, 2.05) is 12.2 Å². The number of carbonyl (C=O) groups is 13. The van der Waals surface area contributed by atoms with Gasteiger partial charge in [0.1, 0.15) is 73.6 Å². The van der Waals surface area contributed by atoms with Crippen LogP contribution >= 0.6 is 33.3 Å². The molecule has 39 nitrogen and oxygen atoms in total. The fourth-order valence-electron chi connectivity index (χ4n) is 16.5. The summed E-state index contributed by atoms with van der Waals surface area (Å²) in [7, 11) is -2.97. The van der Waals surface area contributed by atoms with Crippen molar-refractivity contribution in [3.8, 4) is 5.75 Å². The second kappa shape index (κ2) is 55.8. The molecule has 47 heteroatoms. The summed E-state index contributed by atoms with van der Waals surface area (Å²) in [6.07, 6.45) is 13.4. The summed E-state index contributed by atoms with van der Waals surface area (Å²) in [5, 5.41) is 48.7. The van der Waals surface area contributed by atoms with Crippen LogP contribution in [0.4, 0.5) is 28.9 Å². The van der Waals surface area contributed by atoms with Crippen molar-refractivity contribution in [3.63, 3.8) is 0 Å². The molecule has 0 saturated carbocycles. The van der Waals surface area contributed by atoms with Crippen molar-refractivity contribution in [2.24, 2.45) is 16.9 Å². The van der Waals surface area contributed by atoms with Crippen molar-refractivity contribution in [1.29, 1.82) is 5.41 Å². The van der Waals surface area contributed by atoms with E-state index >= 15 is 17.6 Å². The fraction of sp³-hybridized carbons (Fsp3) is 0.559. The number of thioether (sulfide) groups is 1. The number of carbonyl (C=O) groups excluding carboxylic acids is 12. The molecule has 0 aromatic heterocycles.